The molecule has 2 aliphatic carbocycles. The standard InChI is InChI=1S/C22H19Cl2F3N2O2.C21H27NO5/c1-2-20(30)28-18-6-4-12-7-13(3-5-17(12)18)19-11-21(31-29-19,22(25,26)27)14-8-15(23)10-16(24)9-14;1-5-26-20(24)27-18-17(16-12-13(2)6-7-14(16)3)19(23)22-21(18)10-8-15(25-4)9-11-21/h3,5,7-10,18H,2,4,6,11H2,1H3,(H,28,30);6-7,12,15H,5,8-11H2,1-4H3,(H,22,23). The fourth-order valence-electron chi connectivity index (χ4n) is 8.07. The highest BCUT2D eigenvalue weighted by atomic mass is 35.5. The number of aryl methyl sites for hydroxylation is 3. The lowest BCUT2D eigenvalue weighted by molar-refractivity contribution is -0.275. The van der Waals surface area contributed by atoms with Crippen molar-refractivity contribution in [2.75, 3.05) is 13.7 Å². The third-order valence-corrected chi connectivity index (χ3v) is 11.6. The number of nitrogens with zero attached hydrogens (tertiary/aromatic N) is 1. The SMILES string of the molecule is CCC(=O)NC1CCc2cc(C3=NOC(c4cc(Cl)cc(Cl)c4)(C(F)(F)F)C3)ccc21.CCOC(=O)OC1=C(c2cc(C)ccc2C)C(=O)NC12CCC(OC)CC2. The molecule has 2 unspecified atom stereocenters. The van der Waals surface area contributed by atoms with Gasteiger partial charge in [-0.15, -0.1) is 0 Å². The number of fused-ring (bicyclic) bond motifs is 1. The number of carbonyl (C=O) groups is 3. The molecular weight excluding hydrogens is 798 g/mol. The van der Waals surface area contributed by atoms with Crippen molar-refractivity contribution in [1.82, 2.24) is 10.6 Å². The Bertz CT molecular complexity index is 2130. The van der Waals surface area contributed by atoms with E-state index < -0.39 is 29.9 Å². The number of methoxy groups -OCH3 is 1. The van der Waals surface area contributed by atoms with Crippen LogP contribution in [-0.2, 0) is 40.7 Å². The molecule has 2 amide bonds. The van der Waals surface area contributed by atoms with Gasteiger partial charge in [0.25, 0.3) is 11.5 Å². The number of oxime groups is 1. The molecule has 2 atom stereocenters. The lowest BCUT2D eigenvalue weighted by atomic mass is 9.79. The fraction of sp³-hybridized carbons (Fsp3) is 0.442. The third-order valence-electron chi connectivity index (χ3n) is 11.2. The van der Waals surface area contributed by atoms with Crippen molar-refractivity contribution in [3.63, 3.8) is 0 Å². The summed E-state index contributed by atoms with van der Waals surface area (Å²) < 4.78 is 58.6. The van der Waals surface area contributed by atoms with Gasteiger partial charge in [-0.2, -0.15) is 13.2 Å². The quantitative estimate of drug-likeness (QED) is 0.217. The summed E-state index contributed by atoms with van der Waals surface area (Å²) in [4.78, 5) is 41.9. The number of benzene rings is 3. The molecule has 0 bridgehead atoms. The number of carbonyl (C=O) groups excluding carboxylic acids is 3. The summed E-state index contributed by atoms with van der Waals surface area (Å²) in [5.41, 5.74) is 2.38. The summed E-state index contributed by atoms with van der Waals surface area (Å²) >= 11 is 11.9. The van der Waals surface area contributed by atoms with E-state index in [1.165, 1.54) is 18.2 Å². The molecule has 0 radical (unpaired) electrons. The van der Waals surface area contributed by atoms with Crippen LogP contribution in [0.1, 0.15) is 104 Å². The van der Waals surface area contributed by atoms with Crippen LogP contribution in [0.2, 0.25) is 10.0 Å². The van der Waals surface area contributed by atoms with Gasteiger partial charge in [-0.05, 0) is 111 Å². The molecule has 2 heterocycles. The maximum atomic E-state index is 14.2. The average Bonchev–Trinajstić information content (AvgIpc) is 3.88. The monoisotopic (exact) mass is 843 g/mol. The number of rotatable bonds is 8. The summed E-state index contributed by atoms with van der Waals surface area (Å²) in [5, 5.41) is 10.1. The Balaban J connectivity index is 0.000000198. The summed E-state index contributed by atoms with van der Waals surface area (Å²) in [7, 11) is 1.70. The topological polar surface area (TPSA) is 125 Å². The number of alkyl halides is 3. The highest BCUT2D eigenvalue weighted by Crippen LogP contribution is 2.50. The highest BCUT2D eigenvalue weighted by Gasteiger charge is 2.62. The second-order valence-electron chi connectivity index (χ2n) is 15.0. The van der Waals surface area contributed by atoms with Crippen molar-refractivity contribution in [2.24, 2.45) is 5.16 Å². The van der Waals surface area contributed by atoms with Crippen molar-refractivity contribution in [3.05, 3.63) is 109 Å². The van der Waals surface area contributed by atoms with Crippen molar-refractivity contribution in [3.8, 4) is 0 Å². The molecule has 10 nitrogen and oxygen atoms in total. The minimum Gasteiger partial charge on any atom is -0.434 e. The molecule has 0 aromatic heterocycles. The van der Waals surface area contributed by atoms with Crippen LogP contribution in [-0.4, -0.2) is 55.2 Å². The van der Waals surface area contributed by atoms with E-state index in [1.807, 2.05) is 44.2 Å². The first-order valence-electron chi connectivity index (χ1n) is 19.3. The van der Waals surface area contributed by atoms with Crippen LogP contribution >= 0.6 is 23.2 Å². The van der Waals surface area contributed by atoms with Gasteiger partial charge in [0.05, 0.1) is 35.6 Å². The molecule has 58 heavy (non-hydrogen) atoms. The van der Waals surface area contributed by atoms with Crippen molar-refractivity contribution in [2.45, 2.75) is 109 Å². The smallest absolute Gasteiger partial charge is 0.434 e. The Hall–Kier alpha value is -4.59. The van der Waals surface area contributed by atoms with Crippen molar-refractivity contribution >= 4 is 52.5 Å². The number of ether oxygens (including phenoxy) is 3. The molecule has 2 N–H and O–H groups in total. The number of hydrogen-bond donors (Lipinski definition) is 2. The summed E-state index contributed by atoms with van der Waals surface area (Å²) in [6.45, 7) is 7.64. The van der Waals surface area contributed by atoms with Crippen molar-refractivity contribution in [1.29, 1.82) is 0 Å². The Morgan fingerprint density at radius 1 is 1.00 bits per heavy atom. The first kappa shape index (κ1) is 43.0. The molecule has 7 rings (SSSR count). The van der Waals surface area contributed by atoms with E-state index in [9.17, 15) is 27.6 Å². The second-order valence-corrected chi connectivity index (χ2v) is 15.9. The van der Waals surface area contributed by atoms with Crippen molar-refractivity contribution < 1.29 is 46.6 Å². The van der Waals surface area contributed by atoms with E-state index in [4.69, 9.17) is 42.3 Å². The highest BCUT2D eigenvalue weighted by molar-refractivity contribution is 6.34. The van der Waals surface area contributed by atoms with E-state index in [1.54, 1.807) is 27.0 Å². The van der Waals surface area contributed by atoms with Gasteiger partial charge in [0.1, 0.15) is 5.76 Å². The molecule has 1 saturated carbocycles. The molecule has 1 fully saturated rings. The van der Waals surface area contributed by atoms with Gasteiger partial charge in [-0.3, -0.25) is 9.59 Å². The van der Waals surface area contributed by atoms with E-state index in [0.717, 1.165) is 53.5 Å². The fourth-order valence-corrected chi connectivity index (χ4v) is 8.59. The number of halogens is 5. The minimum atomic E-state index is -4.74. The molecule has 0 saturated heterocycles. The average molecular weight is 845 g/mol. The van der Waals surface area contributed by atoms with Gasteiger partial charge >= 0.3 is 12.3 Å². The third kappa shape index (κ3) is 8.72. The summed E-state index contributed by atoms with van der Waals surface area (Å²) in [5.74, 6) is 0.138. The second kappa shape index (κ2) is 17.3. The molecule has 1 spiro atoms. The van der Waals surface area contributed by atoms with Gasteiger partial charge in [0.15, 0.2) is 0 Å². The van der Waals surface area contributed by atoms with Gasteiger partial charge < -0.3 is 29.7 Å². The van der Waals surface area contributed by atoms with Crippen LogP contribution in [0.25, 0.3) is 5.57 Å². The predicted octanol–water partition coefficient (Wildman–Crippen LogP) is 9.73. The molecule has 15 heteroatoms. The lowest BCUT2D eigenvalue weighted by Crippen LogP contribution is -2.49. The molecular formula is C43H46Cl2F3N3O7. The summed E-state index contributed by atoms with van der Waals surface area (Å²) in [6.07, 6.45) is -1.12. The first-order chi connectivity index (χ1) is 27.5. The zero-order valence-corrected chi connectivity index (χ0v) is 34.4. The maximum absolute atomic E-state index is 14.2. The molecule has 3 aromatic rings. The number of amides is 2. The van der Waals surface area contributed by atoms with Crippen LogP contribution in [0.5, 0.6) is 0 Å². The van der Waals surface area contributed by atoms with Gasteiger partial charge in [-0.25, -0.2) is 4.79 Å². The van der Waals surface area contributed by atoms with E-state index in [2.05, 4.69) is 15.8 Å². The minimum absolute atomic E-state index is 0.0364. The maximum Gasteiger partial charge on any atom is 0.513 e. The van der Waals surface area contributed by atoms with E-state index in [0.29, 0.717) is 36.2 Å². The Labute approximate surface area is 345 Å². The van der Waals surface area contributed by atoms with Crippen LogP contribution in [0.4, 0.5) is 18.0 Å². The zero-order valence-electron chi connectivity index (χ0n) is 32.9. The number of hydrogen-bond acceptors (Lipinski definition) is 8. The molecule has 310 valence electrons. The van der Waals surface area contributed by atoms with Gasteiger partial charge in [-0.1, -0.05) is 71.2 Å². The van der Waals surface area contributed by atoms with E-state index in [-0.39, 0.29) is 51.9 Å². The predicted molar refractivity (Wildman–Crippen MR) is 213 cm³/mol. The van der Waals surface area contributed by atoms with Gasteiger partial charge in [0.2, 0.25) is 5.91 Å². The summed E-state index contributed by atoms with van der Waals surface area (Å²) in [6, 6.07) is 15.0. The lowest BCUT2D eigenvalue weighted by Gasteiger charge is -2.37. The molecule has 4 aliphatic rings. The normalized spacial score (nSPS) is 23.7. The Kier molecular flexibility index (Phi) is 12.8. The van der Waals surface area contributed by atoms with Crippen LogP contribution in [0, 0.1) is 13.8 Å². The van der Waals surface area contributed by atoms with Crippen LogP contribution < -0.4 is 10.6 Å². The van der Waals surface area contributed by atoms with Crippen LogP contribution in [0.15, 0.2) is 65.5 Å². The van der Waals surface area contributed by atoms with Gasteiger partial charge in [0, 0.05) is 35.6 Å². The zero-order chi connectivity index (χ0) is 42.0. The molecule has 3 aromatic carbocycles. The molecule has 2 aliphatic heterocycles. The first-order valence-corrected chi connectivity index (χ1v) is 20.0. The Morgan fingerprint density at radius 2 is 1.71 bits per heavy atom. The van der Waals surface area contributed by atoms with Crippen LogP contribution in [0.3, 0.4) is 0 Å². The van der Waals surface area contributed by atoms with E-state index >= 15 is 0 Å². The number of nitrogens with one attached hydrogen (secondary N) is 2. The Morgan fingerprint density at radius 3 is 2.34 bits per heavy atom. The largest absolute Gasteiger partial charge is 0.513 e.